The number of nitrogens with zero attached hydrogens (tertiary/aromatic N) is 1. The fourth-order valence-corrected chi connectivity index (χ4v) is 1.54. The van der Waals surface area contributed by atoms with Gasteiger partial charge in [0, 0.05) is 5.56 Å². The van der Waals surface area contributed by atoms with E-state index in [0.717, 1.165) is 11.3 Å². The van der Waals surface area contributed by atoms with Gasteiger partial charge in [-0.25, -0.2) is 0 Å². The summed E-state index contributed by atoms with van der Waals surface area (Å²) in [5.74, 6) is -0.141. The second kappa shape index (κ2) is 4.52. The van der Waals surface area contributed by atoms with Crippen molar-refractivity contribution in [2.24, 2.45) is 0 Å². The fourth-order valence-electron chi connectivity index (χ4n) is 1.54. The van der Waals surface area contributed by atoms with Crippen LogP contribution < -0.4 is 5.32 Å². The van der Waals surface area contributed by atoms with Gasteiger partial charge in [-0.3, -0.25) is 10.1 Å². The lowest BCUT2D eigenvalue weighted by molar-refractivity contribution is 0.102. The third-order valence-electron chi connectivity index (χ3n) is 2.87. The molecule has 1 amide bonds. The molecule has 2 rings (SSSR count). The van der Waals surface area contributed by atoms with E-state index >= 15 is 0 Å². The van der Waals surface area contributed by atoms with E-state index in [2.05, 4.69) is 10.5 Å². The average Bonchev–Trinajstić information content (AvgIpc) is 2.64. The van der Waals surface area contributed by atoms with Crippen molar-refractivity contribution in [3.8, 4) is 5.75 Å². The number of para-hydroxylation sites is 1. The lowest BCUT2D eigenvalue weighted by atomic mass is 10.1. The minimum absolute atomic E-state index is 0.0242. The van der Waals surface area contributed by atoms with Crippen LogP contribution in [0, 0.1) is 20.8 Å². The number of aryl methyl sites for hydroxylation is 2. The van der Waals surface area contributed by atoms with Crippen LogP contribution in [0.5, 0.6) is 5.75 Å². The van der Waals surface area contributed by atoms with E-state index in [0.29, 0.717) is 11.4 Å². The molecule has 0 unspecified atom stereocenters. The number of aromatic nitrogens is 1. The van der Waals surface area contributed by atoms with Crippen molar-refractivity contribution in [3.63, 3.8) is 0 Å². The number of carbonyl (C=O) groups is 1. The molecule has 5 nitrogen and oxygen atoms in total. The summed E-state index contributed by atoms with van der Waals surface area (Å²) in [6.45, 7) is 5.33. The minimum Gasteiger partial charge on any atom is -0.507 e. The van der Waals surface area contributed by atoms with Gasteiger partial charge in [0.25, 0.3) is 5.91 Å². The van der Waals surface area contributed by atoms with Crippen LogP contribution in [-0.4, -0.2) is 16.2 Å². The molecule has 18 heavy (non-hydrogen) atoms. The van der Waals surface area contributed by atoms with E-state index in [9.17, 15) is 9.90 Å². The molecule has 5 heteroatoms. The largest absolute Gasteiger partial charge is 0.507 e. The Morgan fingerprint density at radius 2 is 2.06 bits per heavy atom. The summed E-state index contributed by atoms with van der Waals surface area (Å²) >= 11 is 0. The van der Waals surface area contributed by atoms with Gasteiger partial charge in [-0.1, -0.05) is 17.3 Å². The van der Waals surface area contributed by atoms with Crippen molar-refractivity contribution in [1.29, 1.82) is 0 Å². The predicted molar refractivity (Wildman–Crippen MR) is 66.8 cm³/mol. The summed E-state index contributed by atoms with van der Waals surface area (Å²) in [5.41, 5.74) is 2.35. The Bertz CT molecular complexity index is 602. The summed E-state index contributed by atoms with van der Waals surface area (Å²) in [7, 11) is 0. The Morgan fingerprint density at radius 1 is 1.33 bits per heavy atom. The maximum Gasteiger partial charge on any atom is 0.261 e. The summed E-state index contributed by atoms with van der Waals surface area (Å²) in [5, 5.41) is 16.2. The molecule has 1 aromatic heterocycles. The van der Waals surface area contributed by atoms with Crippen LogP contribution in [0.2, 0.25) is 0 Å². The molecule has 0 atom stereocenters. The van der Waals surface area contributed by atoms with E-state index in [1.54, 1.807) is 39.0 Å². The number of phenolic OH excluding ortho intramolecular Hbond substituents is 1. The third-order valence-corrected chi connectivity index (χ3v) is 2.87. The van der Waals surface area contributed by atoms with E-state index in [4.69, 9.17) is 4.52 Å². The number of amides is 1. The number of nitrogens with one attached hydrogen (secondary N) is 1. The van der Waals surface area contributed by atoms with Crippen LogP contribution in [-0.2, 0) is 0 Å². The molecule has 0 bridgehead atoms. The monoisotopic (exact) mass is 246 g/mol. The fraction of sp³-hybridized carbons (Fsp3) is 0.231. The topological polar surface area (TPSA) is 75.4 Å². The van der Waals surface area contributed by atoms with Crippen molar-refractivity contribution in [2.75, 3.05) is 5.32 Å². The average molecular weight is 246 g/mol. The number of carbonyl (C=O) groups excluding carboxylic acids is 1. The Balaban J connectivity index is 2.28. The first-order valence-corrected chi connectivity index (χ1v) is 5.53. The van der Waals surface area contributed by atoms with Gasteiger partial charge in [0.1, 0.15) is 5.75 Å². The van der Waals surface area contributed by atoms with Crippen LogP contribution in [0.25, 0.3) is 0 Å². The van der Waals surface area contributed by atoms with Gasteiger partial charge < -0.3 is 9.63 Å². The van der Waals surface area contributed by atoms with Gasteiger partial charge >= 0.3 is 0 Å². The summed E-state index contributed by atoms with van der Waals surface area (Å²) < 4.78 is 4.99. The zero-order valence-electron chi connectivity index (χ0n) is 10.4. The molecule has 0 spiro atoms. The molecular weight excluding hydrogens is 232 g/mol. The number of aromatic hydroxyl groups is 1. The quantitative estimate of drug-likeness (QED) is 0.853. The van der Waals surface area contributed by atoms with E-state index < -0.39 is 5.91 Å². The van der Waals surface area contributed by atoms with Crippen molar-refractivity contribution < 1.29 is 14.4 Å². The molecule has 0 radical (unpaired) electrons. The Hall–Kier alpha value is -2.30. The molecule has 0 aliphatic carbocycles. The molecule has 0 fully saturated rings. The minimum atomic E-state index is -0.421. The van der Waals surface area contributed by atoms with Crippen LogP contribution in [0.1, 0.15) is 27.2 Å². The van der Waals surface area contributed by atoms with E-state index in [1.807, 2.05) is 0 Å². The number of benzene rings is 1. The van der Waals surface area contributed by atoms with Crippen molar-refractivity contribution >= 4 is 11.8 Å². The highest BCUT2D eigenvalue weighted by Gasteiger charge is 2.16. The number of anilines is 1. The Labute approximate surface area is 104 Å². The third kappa shape index (κ3) is 2.07. The summed E-state index contributed by atoms with van der Waals surface area (Å²) in [6.07, 6.45) is 0. The molecule has 94 valence electrons. The normalized spacial score (nSPS) is 10.4. The first-order chi connectivity index (χ1) is 8.50. The van der Waals surface area contributed by atoms with Crippen LogP contribution in [0.3, 0.4) is 0 Å². The van der Waals surface area contributed by atoms with Crippen LogP contribution in [0.4, 0.5) is 5.88 Å². The van der Waals surface area contributed by atoms with Crippen LogP contribution in [0.15, 0.2) is 22.7 Å². The standard InChI is InChI=1S/C13H14N2O3/c1-7-5-4-6-10(11(7)16)12(17)14-13-8(2)9(3)15-18-13/h4-6,16H,1-3H3,(H,14,17). The van der Waals surface area contributed by atoms with Crippen molar-refractivity contribution in [2.45, 2.75) is 20.8 Å². The molecule has 2 N–H and O–H groups in total. The second-order valence-corrected chi connectivity index (χ2v) is 4.15. The van der Waals surface area contributed by atoms with Crippen molar-refractivity contribution in [3.05, 3.63) is 40.6 Å². The predicted octanol–water partition coefficient (Wildman–Crippen LogP) is 2.56. The van der Waals surface area contributed by atoms with Gasteiger partial charge in [-0.2, -0.15) is 0 Å². The van der Waals surface area contributed by atoms with E-state index in [1.165, 1.54) is 0 Å². The van der Waals surface area contributed by atoms with Gasteiger partial charge in [0.05, 0.1) is 11.3 Å². The zero-order valence-corrected chi connectivity index (χ0v) is 10.4. The molecule has 1 aromatic carbocycles. The molecule has 2 aromatic rings. The van der Waals surface area contributed by atoms with Crippen molar-refractivity contribution in [1.82, 2.24) is 5.16 Å². The SMILES string of the molecule is Cc1cccc(C(=O)Nc2onc(C)c2C)c1O. The lowest BCUT2D eigenvalue weighted by Crippen LogP contribution is -2.12. The number of phenols is 1. The van der Waals surface area contributed by atoms with Crippen LogP contribution >= 0.6 is 0 Å². The first kappa shape index (κ1) is 12.2. The van der Waals surface area contributed by atoms with Gasteiger partial charge in [-0.15, -0.1) is 0 Å². The summed E-state index contributed by atoms with van der Waals surface area (Å²) in [6, 6.07) is 4.99. The highest BCUT2D eigenvalue weighted by molar-refractivity contribution is 6.06. The Morgan fingerprint density at radius 3 is 2.67 bits per heavy atom. The molecular formula is C13H14N2O3. The van der Waals surface area contributed by atoms with Gasteiger partial charge in [0.2, 0.25) is 5.88 Å². The molecule has 0 saturated carbocycles. The lowest BCUT2D eigenvalue weighted by Gasteiger charge is -2.06. The summed E-state index contributed by atoms with van der Waals surface area (Å²) in [4.78, 5) is 12.0. The smallest absolute Gasteiger partial charge is 0.261 e. The van der Waals surface area contributed by atoms with Gasteiger partial charge in [-0.05, 0) is 32.4 Å². The zero-order chi connectivity index (χ0) is 13.3. The first-order valence-electron chi connectivity index (χ1n) is 5.53. The number of hydrogen-bond acceptors (Lipinski definition) is 4. The van der Waals surface area contributed by atoms with E-state index in [-0.39, 0.29) is 11.3 Å². The Kier molecular flexibility index (Phi) is 3.06. The highest BCUT2D eigenvalue weighted by atomic mass is 16.5. The number of rotatable bonds is 2. The number of hydrogen-bond donors (Lipinski definition) is 2. The molecule has 0 saturated heterocycles. The highest BCUT2D eigenvalue weighted by Crippen LogP contribution is 2.24. The maximum atomic E-state index is 12.0. The molecule has 0 aliphatic heterocycles. The van der Waals surface area contributed by atoms with Gasteiger partial charge in [0.15, 0.2) is 0 Å². The molecule has 1 heterocycles. The molecule has 0 aliphatic rings. The maximum absolute atomic E-state index is 12.0. The second-order valence-electron chi connectivity index (χ2n) is 4.15.